The monoisotopic (exact) mass is 278 g/mol. The Labute approximate surface area is 112 Å². The van der Waals surface area contributed by atoms with Gasteiger partial charge >= 0.3 is 5.97 Å². The molecule has 0 aliphatic carbocycles. The smallest absolute Gasteiger partial charge is 0.353 e. The van der Waals surface area contributed by atoms with Crippen molar-refractivity contribution in [3.8, 4) is 0 Å². The summed E-state index contributed by atoms with van der Waals surface area (Å²) < 4.78 is 0. The van der Waals surface area contributed by atoms with Crippen LogP contribution in [0.15, 0.2) is 29.4 Å². The van der Waals surface area contributed by atoms with Gasteiger partial charge in [0.1, 0.15) is 10.7 Å². The SMILES string of the molecule is CSc1ncccc1C(=O)Nc1cc(C(=O)O)[nH]n1. The summed E-state index contributed by atoms with van der Waals surface area (Å²) in [4.78, 5) is 26.8. The highest BCUT2D eigenvalue weighted by Gasteiger charge is 2.14. The number of pyridine rings is 1. The minimum atomic E-state index is -1.14. The number of aromatic amines is 1. The number of nitrogens with zero attached hydrogens (tertiary/aromatic N) is 2. The number of H-pyrrole nitrogens is 1. The molecule has 2 aromatic rings. The normalized spacial score (nSPS) is 10.2. The molecule has 7 nitrogen and oxygen atoms in total. The van der Waals surface area contributed by atoms with Crippen molar-refractivity contribution in [2.24, 2.45) is 0 Å². The average Bonchev–Trinajstić information content (AvgIpc) is 2.87. The molecule has 0 bridgehead atoms. The maximum absolute atomic E-state index is 12.0. The van der Waals surface area contributed by atoms with Crippen LogP contribution in [-0.4, -0.2) is 38.4 Å². The van der Waals surface area contributed by atoms with Crippen LogP contribution in [0.3, 0.4) is 0 Å². The number of anilines is 1. The lowest BCUT2D eigenvalue weighted by atomic mass is 10.2. The molecule has 0 spiro atoms. The van der Waals surface area contributed by atoms with Gasteiger partial charge < -0.3 is 10.4 Å². The molecule has 2 aromatic heterocycles. The number of aromatic nitrogens is 3. The van der Waals surface area contributed by atoms with Gasteiger partial charge in [-0.1, -0.05) is 0 Å². The van der Waals surface area contributed by atoms with Crippen molar-refractivity contribution in [1.82, 2.24) is 15.2 Å². The number of carbonyl (C=O) groups is 2. The van der Waals surface area contributed by atoms with Crippen molar-refractivity contribution in [2.45, 2.75) is 5.03 Å². The van der Waals surface area contributed by atoms with Gasteiger partial charge in [-0.3, -0.25) is 9.89 Å². The summed E-state index contributed by atoms with van der Waals surface area (Å²) in [5.41, 5.74) is 0.321. The molecule has 0 saturated heterocycles. The highest BCUT2D eigenvalue weighted by Crippen LogP contribution is 2.18. The maximum Gasteiger partial charge on any atom is 0.353 e. The average molecular weight is 278 g/mol. The number of thioether (sulfide) groups is 1. The number of hydrogen-bond donors (Lipinski definition) is 3. The molecule has 98 valence electrons. The molecule has 1 amide bonds. The van der Waals surface area contributed by atoms with Crippen LogP contribution in [-0.2, 0) is 0 Å². The first-order valence-electron chi connectivity index (χ1n) is 5.21. The molecular formula is C11H10N4O3S. The van der Waals surface area contributed by atoms with Crippen LogP contribution < -0.4 is 5.32 Å². The summed E-state index contributed by atoms with van der Waals surface area (Å²) in [6, 6.07) is 4.54. The van der Waals surface area contributed by atoms with Gasteiger partial charge in [-0.15, -0.1) is 11.8 Å². The summed E-state index contributed by atoms with van der Waals surface area (Å²) in [5.74, 6) is -1.38. The third-order valence-electron chi connectivity index (χ3n) is 2.26. The Balaban J connectivity index is 2.18. The lowest BCUT2D eigenvalue weighted by Crippen LogP contribution is -2.13. The Hall–Kier alpha value is -2.35. The molecule has 0 aromatic carbocycles. The summed E-state index contributed by atoms with van der Waals surface area (Å²) in [5, 5.41) is 17.8. The second-order valence-corrected chi connectivity index (χ2v) is 4.28. The van der Waals surface area contributed by atoms with E-state index in [0.29, 0.717) is 10.6 Å². The molecule has 0 aliphatic rings. The largest absolute Gasteiger partial charge is 0.477 e. The lowest BCUT2D eigenvalue weighted by molar-refractivity contribution is 0.0690. The Morgan fingerprint density at radius 3 is 2.89 bits per heavy atom. The number of rotatable bonds is 4. The van der Waals surface area contributed by atoms with Crippen LogP contribution in [0, 0.1) is 0 Å². The Bertz CT molecular complexity index is 626. The van der Waals surface area contributed by atoms with Gasteiger partial charge in [-0.2, -0.15) is 5.10 Å². The zero-order chi connectivity index (χ0) is 13.8. The van der Waals surface area contributed by atoms with Gasteiger partial charge in [0.2, 0.25) is 0 Å². The van der Waals surface area contributed by atoms with Gasteiger partial charge in [0.25, 0.3) is 5.91 Å². The van der Waals surface area contributed by atoms with Gasteiger partial charge in [-0.05, 0) is 18.4 Å². The van der Waals surface area contributed by atoms with Crippen LogP contribution in [0.2, 0.25) is 0 Å². The highest BCUT2D eigenvalue weighted by molar-refractivity contribution is 7.98. The highest BCUT2D eigenvalue weighted by atomic mass is 32.2. The fraction of sp³-hybridized carbons (Fsp3) is 0.0909. The van der Waals surface area contributed by atoms with Crippen molar-refractivity contribution in [2.75, 3.05) is 11.6 Å². The number of nitrogens with one attached hydrogen (secondary N) is 2. The predicted molar refractivity (Wildman–Crippen MR) is 69.5 cm³/mol. The van der Waals surface area contributed by atoms with E-state index in [1.807, 2.05) is 6.26 Å². The lowest BCUT2D eigenvalue weighted by Gasteiger charge is -2.05. The molecule has 8 heteroatoms. The topological polar surface area (TPSA) is 108 Å². The number of amides is 1. The minimum Gasteiger partial charge on any atom is -0.477 e. The number of carboxylic acids is 1. The standard InChI is InChI=1S/C11H10N4O3S/c1-19-10-6(3-2-4-12-10)9(16)13-8-5-7(11(17)18)14-15-8/h2-5H,1H3,(H,17,18)(H2,13,14,15,16). The number of carboxylic acid groups (broad SMARTS) is 1. The summed E-state index contributed by atoms with van der Waals surface area (Å²) in [7, 11) is 0. The van der Waals surface area contributed by atoms with E-state index in [2.05, 4.69) is 20.5 Å². The van der Waals surface area contributed by atoms with Gasteiger partial charge in [-0.25, -0.2) is 9.78 Å². The Kier molecular flexibility index (Phi) is 3.81. The molecule has 0 unspecified atom stereocenters. The van der Waals surface area contributed by atoms with E-state index in [-0.39, 0.29) is 17.4 Å². The second kappa shape index (κ2) is 5.53. The van der Waals surface area contributed by atoms with E-state index >= 15 is 0 Å². The zero-order valence-corrected chi connectivity index (χ0v) is 10.7. The maximum atomic E-state index is 12.0. The van der Waals surface area contributed by atoms with E-state index < -0.39 is 5.97 Å². The van der Waals surface area contributed by atoms with E-state index in [1.54, 1.807) is 18.3 Å². The van der Waals surface area contributed by atoms with E-state index in [1.165, 1.54) is 17.8 Å². The first kappa shape index (κ1) is 13.1. The number of carbonyl (C=O) groups excluding carboxylic acids is 1. The van der Waals surface area contributed by atoms with Crippen molar-refractivity contribution >= 4 is 29.5 Å². The quantitative estimate of drug-likeness (QED) is 0.731. The van der Waals surface area contributed by atoms with Gasteiger partial charge in [0, 0.05) is 12.3 Å². The molecular weight excluding hydrogens is 268 g/mol. The molecule has 0 saturated carbocycles. The van der Waals surface area contributed by atoms with Crippen LogP contribution in [0.25, 0.3) is 0 Å². The van der Waals surface area contributed by atoms with E-state index in [4.69, 9.17) is 5.11 Å². The Morgan fingerprint density at radius 1 is 1.47 bits per heavy atom. The molecule has 0 aliphatic heterocycles. The molecule has 2 heterocycles. The van der Waals surface area contributed by atoms with Gasteiger partial charge in [0.05, 0.1) is 5.56 Å². The van der Waals surface area contributed by atoms with Crippen molar-refractivity contribution in [3.63, 3.8) is 0 Å². The first-order valence-corrected chi connectivity index (χ1v) is 6.43. The first-order chi connectivity index (χ1) is 9.11. The molecule has 0 fully saturated rings. The fourth-order valence-corrected chi connectivity index (χ4v) is 1.95. The third-order valence-corrected chi connectivity index (χ3v) is 2.97. The van der Waals surface area contributed by atoms with Crippen LogP contribution in [0.4, 0.5) is 5.82 Å². The Morgan fingerprint density at radius 2 is 2.26 bits per heavy atom. The van der Waals surface area contributed by atoms with Crippen LogP contribution in [0.1, 0.15) is 20.8 Å². The molecule has 3 N–H and O–H groups in total. The van der Waals surface area contributed by atoms with Crippen molar-refractivity contribution in [1.29, 1.82) is 0 Å². The number of hydrogen-bond acceptors (Lipinski definition) is 5. The summed E-state index contributed by atoms with van der Waals surface area (Å²) in [6.45, 7) is 0. The van der Waals surface area contributed by atoms with E-state index in [9.17, 15) is 9.59 Å². The summed E-state index contributed by atoms with van der Waals surface area (Å²) in [6.07, 6.45) is 3.41. The zero-order valence-electron chi connectivity index (χ0n) is 9.88. The van der Waals surface area contributed by atoms with E-state index in [0.717, 1.165) is 0 Å². The second-order valence-electron chi connectivity index (χ2n) is 3.49. The molecule has 2 rings (SSSR count). The number of aromatic carboxylic acids is 1. The summed E-state index contributed by atoms with van der Waals surface area (Å²) >= 11 is 1.35. The fourth-order valence-electron chi connectivity index (χ4n) is 1.41. The predicted octanol–water partition coefficient (Wildman–Crippen LogP) is 1.48. The minimum absolute atomic E-state index is 0.0911. The van der Waals surface area contributed by atoms with Crippen LogP contribution in [0.5, 0.6) is 0 Å². The molecule has 19 heavy (non-hydrogen) atoms. The molecule has 0 atom stereocenters. The van der Waals surface area contributed by atoms with Gasteiger partial charge in [0.15, 0.2) is 5.82 Å². The third kappa shape index (κ3) is 2.91. The molecule has 0 radical (unpaired) electrons. The van der Waals surface area contributed by atoms with Crippen LogP contribution >= 0.6 is 11.8 Å². The van der Waals surface area contributed by atoms with Crippen molar-refractivity contribution in [3.05, 3.63) is 35.7 Å². The van der Waals surface area contributed by atoms with Crippen molar-refractivity contribution < 1.29 is 14.7 Å².